The van der Waals surface area contributed by atoms with Crippen molar-refractivity contribution in [2.75, 3.05) is 18.1 Å². The molecule has 3 rings (SSSR count). The van der Waals surface area contributed by atoms with Crippen LogP contribution in [-0.2, 0) is 4.79 Å². The first kappa shape index (κ1) is 22.0. The van der Waals surface area contributed by atoms with Gasteiger partial charge in [-0.2, -0.15) is 0 Å². The van der Waals surface area contributed by atoms with Gasteiger partial charge in [0, 0.05) is 29.2 Å². The first-order valence-corrected chi connectivity index (χ1v) is 11.3. The molecule has 0 saturated heterocycles. The van der Waals surface area contributed by atoms with Crippen molar-refractivity contribution < 1.29 is 9.59 Å². The van der Waals surface area contributed by atoms with E-state index >= 15 is 0 Å². The van der Waals surface area contributed by atoms with E-state index in [0.29, 0.717) is 26.6 Å². The molecule has 2 aromatic heterocycles. The Balaban J connectivity index is 1.78. The number of carbonyl (C=O) groups is 2. The molecule has 30 heavy (non-hydrogen) atoms. The van der Waals surface area contributed by atoms with Crippen LogP contribution >= 0.6 is 23.1 Å². The zero-order chi connectivity index (χ0) is 22.0. The lowest BCUT2D eigenvalue weighted by atomic mass is 10.2. The van der Waals surface area contributed by atoms with Gasteiger partial charge in [-0.15, -0.1) is 11.3 Å². The molecular weight excluding hydrogens is 420 g/mol. The summed E-state index contributed by atoms with van der Waals surface area (Å²) in [6.45, 7) is 7.79. The number of rotatable bonds is 6. The second-order valence-corrected chi connectivity index (χ2v) is 9.27. The maximum absolute atomic E-state index is 13.1. The minimum Gasteiger partial charge on any atom is -0.355 e. The molecule has 0 saturated carbocycles. The standard InChI is InChI=1S/C21H24N4O3S2/c1-11(2)25-20(28)17-12(3)13(4)30-19(17)24-21(25)29-10-16(26)23-15-8-6-14(7-9-15)18(27)22-5/h6-9,11H,10H2,1-5H3,(H,22,27)(H,23,26). The summed E-state index contributed by atoms with van der Waals surface area (Å²) in [5.41, 5.74) is 2.02. The van der Waals surface area contributed by atoms with E-state index in [2.05, 4.69) is 15.6 Å². The summed E-state index contributed by atoms with van der Waals surface area (Å²) in [7, 11) is 1.57. The number of thioether (sulfide) groups is 1. The van der Waals surface area contributed by atoms with E-state index in [-0.39, 0.29) is 29.2 Å². The summed E-state index contributed by atoms with van der Waals surface area (Å²) in [6.07, 6.45) is 0. The second kappa shape index (κ2) is 9.01. The zero-order valence-electron chi connectivity index (χ0n) is 17.5. The molecule has 0 fully saturated rings. The number of hydrogen-bond acceptors (Lipinski definition) is 6. The fourth-order valence-electron chi connectivity index (χ4n) is 3.02. The van der Waals surface area contributed by atoms with E-state index in [1.165, 1.54) is 23.1 Å². The number of aromatic nitrogens is 2. The van der Waals surface area contributed by atoms with Crippen LogP contribution in [0.15, 0.2) is 34.2 Å². The number of nitrogens with one attached hydrogen (secondary N) is 2. The number of benzene rings is 1. The molecule has 0 radical (unpaired) electrons. The number of anilines is 1. The molecular formula is C21H24N4O3S2. The van der Waals surface area contributed by atoms with Crippen molar-refractivity contribution in [1.29, 1.82) is 0 Å². The number of aryl methyl sites for hydroxylation is 2. The van der Waals surface area contributed by atoms with Gasteiger partial charge in [0.25, 0.3) is 11.5 Å². The van der Waals surface area contributed by atoms with Gasteiger partial charge < -0.3 is 10.6 Å². The third-order valence-corrected chi connectivity index (χ3v) is 6.76. The summed E-state index contributed by atoms with van der Waals surface area (Å²) in [4.78, 5) is 43.5. The SMILES string of the molecule is CNC(=O)c1ccc(NC(=O)CSc2nc3sc(C)c(C)c3c(=O)n2C(C)C)cc1. The minimum absolute atomic E-state index is 0.0652. The van der Waals surface area contributed by atoms with Crippen LogP contribution in [0.4, 0.5) is 5.69 Å². The molecule has 9 heteroatoms. The van der Waals surface area contributed by atoms with Crippen molar-refractivity contribution in [2.24, 2.45) is 0 Å². The summed E-state index contributed by atoms with van der Waals surface area (Å²) in [5, 5.41) is 6.56. The fourth-order valence-corrected chi connectivity index (χ4v) is 5.02. The summed E-state index contributed by atoms with van der Waals surface area (Å²) in [6, 6.07) is 6.58. The van der Waals surface area contributed by atoms with Crippen molar-refractivity contribution in [2.45, 2.75) is 38.9 Å². The Kier molecular flexibility index (Phi) is 6.62. The Labute approximate surface area is 182 Å². The van der Waals surface area contributed by atoms with E-state index < -0.39 is 0 Å². The van der Waals surface area contributed by atoms with Gasteiger partial charge in [0.1, 0.15) is 4.83 Å². The van der Waals surface area contributed by atoms with Crippen molar-refractivity contribution in [3.8, 4) is 0 Å². The molecule has 0 unspecified atom stereocenters. The monoisotopic (exact) mass is 444 g/mol. The van der Waals surface area contributed by atoms with Crippen LogP contribution in [0.5, 0.6) is 0 Å². The van der Waals surface area contributed by atoms with Crippen molar-refractivity contribution in [3.05, 3.63) is 50.6 Å². The van der Waals surface area contributed by atoms with Gasteiger partial charge in [-0.3, -0.25) is 19.0 Å². The molecule has 0 bridgehead atoms. The molecule has 0 aliphatic carbocycles. The smallest absolute Gasteiger partial charge is 0.263 e. The first-order chi connectivity index (χ1) is 14.2. The van der Waals surface area contributed by atoms with Gasteiger partial charge in [-0.05, 0) is 57.5 Å². The molecule has 7 nitrogen and oxygen atoms in total. The third-order valence-electron chi connectivity index (χ3n) is 4.71. The highest BCUT2D eigenvalue weighted by atomic mass is 32.2. The Bertz CT molecular complexity index is 1160. The molecule has 3 aromatic rings. The average molecular weight is 445 g/mol. The maximum Gasteiger partial charge on any atom is 0.263 e. The lowest BCUT2D eigenvalue weighted by molar-refractivity contribution is -0.113. The summed E-state index contributed by atoms with van der Waals surface area (Å²) in [5.74, 6) is -0.280. The lowest BCUT2D eigenvalue weighted by Crippen LogP contribution is -2.25. The molecule has 2 amide bonds. The molecule has 0 spiro atoms. The highest BCUT2D eigenvalue weighted by Crippen LogP contribution is 2.29. The zero-order valence-corrected chi connectivity index (χ0v) is 19.2. The predicted octanol–water partition coefficient (Wildman–Crippen LogP) is 3.75. The third kappa shape index (κ3) is 4.41. The summed E-state index contributed by atoms with van der Waals surface area (Å²) >= 11 is 2.74. The number of fused-ring (bicyclic) bond motifs is 1. The molecule has 2 N–H and O–H groups in total. The fraction of sp³-hybridized carbons (Fsp3) is 0.333. The Hall–Kier alpha value is -2.65. The van der Waals surface area contributed by atoms with Crippen molar-refractivity contribution in [1.82, 2.24) is 14.9 Å². The highest BCUT2D eigenvalue weighted by molar-refractivity contribution is 7.99. The molecule has 158 valence electrons. The number of amides is 2. The minimum atomic E-state index is -0.212. The number of hydrogen-bond donors (Lipinski definition) is 2. The second-order valence-electron chi connectivity index (χ2n) is 7.12. The molecule has 1 aromatic carbocycles. The molecule has 0 aliphatic heterocycles. The molecule has 0 aliphatic rings. The summed E-state index contributed by atoms with van der Waals surface area (Å²) < 4.78 is 1.65. The van der Waals surface area contributed by atoms with Gasteiger partial charge in [0.05, 0.1) is 11.1 Å². The Morgan fingerprint density at radius 3 is 2.47 bits per heavy atom. The average Bonchev–Trinajstić information content (AvgIpc) is 2.99. The van der Waals surface area contributed by atoms with E-state index in [9.17, 15) is 14.4 Å². The Morgan fingerprint density at radius 1 is 1.20 bits per heavy atom. The van der Waals surface area contributed by atoms with E-state index in [0.717, 1.165) is 10.4 Å². The lowest BCUT2D eigenvalue weighted by Gasteiger charge is -2.15. The quantitative estimate of drug-likeness (QED) is 0.446. The van der Waals surface area contributed by atoms with Crippen LogP contribution in [0, 0.1) is 13.8 Å². The van der Waals surface area contributed by atoms with E-state index in [1.54, 1.807) is 35.9 Å². The number of carbonyl (C=O) groups excluding carboxylic acids is 2. The normalized spacial score (nSPS) is 11.1. The van der Waals surface area contributed by atoms with Crippen LogP contribution < -0.4 is 16.2 Å². The predicted molar refractivity (Wildman–Crippen MR) is 123 cm³/mol. The topological polar surface area (TPSA) is 93.1 Å². The van der Waals surface area contributed by atoms with Crippen LogP contribution in [-0.4, -0.2) is 34.2 Å². The van der Waals surface area contributed by atoms with Gasteiger partial charge in [-0.25, -0.2) is 4.98 Å². The van der Waals surface area contributed by atoms with Gasteiger partial charge in [-0.1, -0.05) is 11.8 Å². The molecule has 0 atom stereocenters. The first-order valence-electron chi connectivity index (χ1n) is 9.50. The number of thiophene rings is 1. The van der Waals surface area contributed by atoms with Gasteiger partial charge >= 0.3 is 0 Å². The van der Waals surface area contributed by atoms with E-state index in [1.807, 2.05) is 27.7 Å². The van der Waals surface area contributed by atoms with Crippen LogP contribution in [0.1, 0.15) is 40.7 Å². The van der Waals surface area contributed by atoms with Crippen LogP contribution in [0.25, 0.3) is 10.2 Å². The largest absolute Gasteiger partial charge is 0.355 e. The maximum atomic E-state index is 13.1. The van der Waals surface area contributed by atoms with Crippen molar-refractivity contribution in [3.63, 3.8) is 0 Å². The number of nitrogens with zero attached hydrogens (tertiary/aromatic N) is 2. The molecule has 2 heterocycles. The van der Waals surface area contributed by atoms with Crippen molar-refractivity contribution >= 4 is 50.8 Å². The Morgan fingerprint density at radius 2 is 1.87 bits per heavy atom. The van der Waals surface area contributed by atoms with E-state index in [4.69, 9.17) is 0 Å². The highest BCUT2D eigenvalue weighted by Gasteiger charge is 2.19. The van der Waals surface area contributed by atoms with Crippen LogP contribution in [0.3, 0.4) is 0 Å². The van der Waals surface area contributed by atoms with Gasteiger partial charge in [0.15, 0.2) is 5.16 Å². The van der Waals surface area contributed by atoms with Crippen LogP contribution in [0.2, 0.25) is 0 Å². The van der Waals surface area contributed by atoms with Gasteiger partial charge in [0.2, 0.25) is 5.91 Å².